The molecule has 5 heteroatoms. The van der Waals surface area contributed by atoms with Gasteiger partial charge in [0, 0.05) is 5.56 Å². The molecule has 0 aliphatic heterocycles. The van der Waals surface area contributed by atoms with Gasteiger partial charge >= 0.3 is 0 Å². The fourth-order valence-corrected chi connectivity index (χ4v) is 2.93. The van der Waals surface area contributed by atoms with Crippen molar-refractivity contribution in [3.8, 4) is 11.5 Å². The maximum Gasteiger partial charge on any atom is 0.258 e. The summed E-state index contributed by atoms with van der Waals surface area (Å²) in [5.41, 5.74) is 1.66. The van der Waals surface area contributed by atoms with E-state index in [0.29, 0.717) is 23.0 Å². The van der Waals surface area contributed by atoms with Gasteiger partial charge < -0.3 is 14.8 Å². The van der Waals surface area contributed by atoms with Gasteiger partial charge in [0.05, 0.1) is 13.2 Å². The number of methoxy groups -OCH3 is 1. The first-order valence-corrected chi connectivity index (χ1v) is 8.74. The smallest absolute Gasteiger partial charge is 0.258 e. The SMILES string of the molecule is COc1cc(C(C)=O)ccc1OCC(=O)NC(c1ccccc1)C1CC1. The van der Waals surface area contributed by atoms with E-state index < -0.39 is 0 Å². The molecule has 0 aromatic heterocycles. The minimum absolute atomic E-state index is 0.0225. The van der Waals surface area contributed by atoms with Gasteiger partial charge in [-0.3, -0.25) is 9.59 Å². The van der Waals surface area contributed by atoms with Gasteiger partial charge in [-0.05, 0) is 49.4 Å². The standard InChI is InChI=1S/C21H23NO4/c1-14(23)17-10-11-18(19(12-17)25-2)26-13-20(24)22-21(16-8-9-16)15-6-4-3-5-7-15/h3-7,10-12,16,21H,8-9,13H2,1-2H3,(H,22,24). The van der Waals surface area contributed by atoms with Crippen molar-refractivity contribution in [1.82, 2.24) is 5.32 Å². The second-order valence-electron chi connectivity index (χ2n) is 6.50. The first-order valence-electron chi connectivity index (χ1n) is 8.74. The zero-order chi connectivity index (χ0) is 18.5. The fraction of sp³-hybridized carbons (Fsp3) is 0.333. The predicted molar refractivity (Wildman–Crippen MR) is 98.5 cm³/mol. The number of hydrogen-bond acceptors (Lipinski definition) is 4. The lowest BCUT2D eigenvalue weighted by atomic mass is 10.0. The van der Waals surface area contributed by atoms with Crippen LogP contribution in [0.5, 0.6) is 11.5 Å². The minimum Gasteiger partial charge on any atom is -0.493 e. The average molecular weight is 353 g/mol. The first-order chi connectivity index (χ1) is 12.6. The van der Waals surface area contributed by atoms with Crippen molar-refractivity contribution in [2.75, 3.05) is 13.7 Å². The Hall–Kier alpha value is -2.82. The third-order valence-electron chi connectivity index (χ3n) is 4.50. The number of ether oxygens (including phenoxy) is 2. The molecule has 1 fully saturated rings. The van der Waals surface area contributed by atoms with Crippen molar-refractivity contribution in [3.63, 3.8) is 0 Å². The maximum atomic E-state index is 12.4. The zero-order valence-electron chi connectivity index (χ0n) is 15.0. The summed E-state index contributed by atoms with van der Waals surface area (Å²) < 4.78 is 10.9. The second-order valence-corrected chi connectivity index (χ2v) is 6.50. The first kappa shape index (κ1) is 18.0. The van der Waals surface area contributed by atoms with E-state index in [0.717, 1.165) is 18.4 Å². The quantitative estimate of drug-likeness (QED) is 0.737. The second kappa shape index (κ2) is 8.04. The Morgan fingerprint density at radius 2 is 1.85 bits per heavy atom. The Morgan fingerprint density at radius 3 is 2.46 bits per heavy atom. The van der Waals surface area contributed by atoms with E-state index in [-0.39, 0.29) is 24.3 Å². The molecule has 1 N–H and O–H groups in total. The molecule has 3 rings (SSSR count). The van der Waals surface area contributed by atoms with Crippen molar-refractivity contribution >= 4 is 11.7 Å². The van der Waals surface area contributed by atoms with E-state index in [1.165, 1.54) is 14.0 Å². The van der Waals surface area contributed by atoms with E-state index in [4.69, 9.17) is 9.47 Å². The van der Waals surface area contributed by atoms with Gasteiger partial charge in [0.15, 0.2) is 23.9 Å². The summed E-state index contributed by atoms with van der Waals surface area (Å²) >= 11 is 0. The van der Waals surface area contributed by atoms with Crippen LogP contribution >= 0.6 is 0 Å². The molecule has 1 aliphatic rings. The molecule has 2 aromatic carbocycles. The molecular weight excluding hydrogens is 330 g/mol. The number of carbonyl (C=O) groups excluding carboxylic acids is 2. The molecule has 0 heterocycles. The van der Waals surface area contributed by atoms with Gasteiger partial charge in [-0.25, -0.2) is 0 Å². The molecule has 1 aliphatic carbocycles. The van der Waals surface area contributed by atoms with E-state index in [1.807, 2.05) is 30.3 Å². The third-order valence-corrected chi connectivity index (χ3v) is 4.50. The molecule has 1 saturated carbocycles. The van der Waals surface area contributed by atoms with E-state index in [1.54, 1.807) is 18.2 Å². The number of ketones is 1. The zero-order valence-corrected chi connectivity index (χ0v) is 15.0. The number of benzene rings is 2. The molecule has 136 valence electrons. The normalized spacial score (nSPS) is 14.4. The van der Waals surface area contributed by atoms with Crippen LogP contribution in [-0.4, -0.2) is 25.4 Å². The van der Waals surface area contributed by atoms with Crippen LogP contribution in [0.3, 0.4) is 0 Å². The van der Waals surface area contributed by atoms with Gasteiger partial charge in [0.2, 0.25) is 0 Å². The summed E-state index contributed by atoms with van der Waals surface area (Å²) in [4.78, 5) is 23.8. The highest BCUT2D eigenvalue weighted by molar-refractivity contribution is 5.94. The Labute approximate surface area is 153 Å². The van der Waals surface area contributed by atoms with E-state index in [9.17, 15) is 9.59 Å². The van der Waals surface area contributed by atoms with Crippen molar-refractivity contribution in [1.29, 1.82) is 0 Å². The number of nitrogens with one attached hydrogen (secondary N) is 1. The highest BCUT2D eigenvalue weighted by atomic mass is 16.5. The largest absolute Gasteiger partial charge is 0.493 e. The highest BCUT2D eigenvalue weighted by Gasteiger charge is 2.33. The lowest BCUT2D eigenvalue weighted by Crippen LogP contribution is -2.33. The Kier molecular flexibility index (Phi) is 5.56. The molecule has 0 radical (unpaired) electrons. The van der Waals surface area contributed by atoms with Gasteiger partial charge in [-0.15, -0.1) is 0 Å². The lowest BCUT2D eigenvalue weighted by molar-refractivity contribution is -0.124. The lowest BCUT2D eigenvalue weighted by Gasteiger charge is -2.19. The molecule has 0 saturated heterocycles. The van der Waals surface area contributed by atoms with Crippen LogP contribution in [0.4, 0.5) is 0 Å². The monoisotopic (exact) mass is 353 g/mol. The summed E-state index contributed by atoms with van der Waals surface area (Å²) in [6.45, 7) is 1.39. The molecule has 1 amide bonds. The predicted octanol–water partition coefficient (Wildman–Crippen LogP) is 3.54. The third kappa shape index (κ3) is 4.42. The van der Waals surface area contributed by atoms with Crippen LogP contribution < -0.4 is 14.8 Å². The molecule has 26 heavy (non-hydrogen) atoms. The average Bonchev–Trinajstić information content (AvgIpc) is 3.50. The van der Waals surface area contributed by atoms with Crippen LogP contribution in [0.25, 0.3) is 0 Å². The van der Waals surface area contributed by atoms with Crippen LogP contribution in [0.1, 0.15) is 41.7 Å². The molecule has 0 bridgehead atoms. The molecule has 1 atom stereocenters. The van der Waals surface area contributed by atoms with Crippen LogP contribution in [0, 0.1) is 5.92 Å². The number of carbonyl (C=O) groups is 2. The van der Waals surface area contributed by atoms with Gasteiger partial charge in [0.25, 0.3) is 5.91 Å². The Balaban J connectivity index is 1.62. The van der Waals surface area contributed by atoms with Gasteiger partial charge in [-0.1, -0.05) is 30.3 Å². The van der Waals surface area contributed by atoms with Crippen LogP contribution in [-0.2, 0) is 4.79 Å². The van der Waals surface area contributed by atoms with Gasteiger partial charge in [0.1, 0.15) is 0 Å². The van der Waals surface area contributed by atoms with Gasteiger partial charge in [-0.2, -0.15) is 0 Å². The van der Waals surface area contributed by atoms with Crippen molar-refractivity contribution in [3.05, 3.63) is 59.7 Å². The van der Waals surface area contributed by atoms with Crippen LogP contribution in [0.2, 0.25) is 0 Å². The maximum absolute atomic E-state index is 12.4. The fourth-order valence-electron chi connectivity index (χ4n) is 2.93. The number of Topliss-reactive ketones (excluding diaryl/α,β-unsaturated/α-hetero) is 1. The Bertz CT molecular complexity index is 784. The summed E-state index contributed by atoms with van der Waals surface area (Å²) in [5.74, 6) is 1.14. The summed E-state index contributed by atoms with van der Waals surface area (Å²) in [6.07, 6.45) is 2.25. The topological polar surface area (TPSA) is 64.6 Å². The van der Waals surface area contributed by atoms with E-state index >= 15 is 0 Å². The molecule has 0 spiro atoms. The molecule has 2 aromatic rings. The Morgan fingerprint density at radius 1 is 1.12 bits per heavy atom. The van der Waals surface area contributed by atoms with E-state index in [2.05, 4.69) is 5.32 Å². The molecular formula is C21H23NO4. The minimum atomic E-state index is -0.177. The number of hydrogen-bond donors (Lipinski definition) is 1. The summed E-state index contributed by atoms with van der Waals surface area (Å²) in [7, 11) is 1.50. The number of rotatable bonds is 8. The summed E-state index contributed by atoms with van der Waals surface area (Å²) in [5, 5.41) is 3.07. The van der Waals surface area contributed by atoms with Crippen molar-refractivity contribution < 1.29 is 19.1 Å². The van der Waals surface area contributed by atoms with Crippen molar-refractivity contribution in [2.24, 2.45) is 5.92 Å². The molecule has 1 unspecified atom stereocenters. The summed E-state index contributed by atoms with van der Waals surface area (Å²) in [6, 6.07) is 15.0. The number of amides is 1. The van der Waals surface area contributed by atoms with Crippen molar-refractivity contribution in [2.45, 2.75) is 25.8 Å². The molecule has 5 nitrogen and oxygen atoms in total. The van der Waals surface area contributed by atoms with Crippen LogP contribution in [0.15, 0.2) is 48.5 Å². The highest BCUT2D eigenvalue weighted by Crippen LogP contribution is 2.40.